The molecule has 0 aliphatic rings. The minimum Gasteiger partial charge on any atom is -0.299 e. The first-order chi connectivity index (χ1) is 7.03. The van der Waals surface area contributed by atoms with E-state index in [1.807, 2.05) is 23.5 Å². The molecule has 0 aliphatic heterocycles. The summed E-state index contributed by atoms with van der Waals surface area (Å²) in [5.41, 5.74) is -0.295. The SMILES string of the molecule is CC(=O)C(C)(C)C(C)(SC(C)C)SC(C)C. The molecule has 0 aromatic carbocycles. The molecule has 0 N–H and O–H groups in total. The van der Waals surface area contributed by atoms with E-state index in [1.165, 1.54) is 0 Å². The second-order valence-electron chi connectivity index (χ2n) is 5.46. The van der Waals surface area contributed by atoms with Gasteiger partial charge in [-0.25, -0.2) is 0 Å². The van der Waals surface area contributed by atoms with Crippen LogP contribution in [-0.4, -0.2) is 20.4 Å². The molecule has 0 atom stereocenters. The highest BCUT2D eigenvalue weighted by Crippen LogP contribution is 2.53. The van der Waals surface area contributed by atoms with Crippen LogP contribution in [0.2, 0.25) is 0 Å². The van der Waals surface area contributed by atoms with Crippen molar-refractivity contribution in [3.63, 3.8) is 0 Å². The summed E-state index contributed by atoms with van der Waals surface area (Å²) in [5.74, 6) is 0.274. The lowest BCUT2D eigenvalue weighted by molar-refractivity contribution is -0.125. The zero-order valence-corrected chi connectivity index (χ0v) is 13.5. The number of carbonyl (C=O) groups excluding carboxylic acids is 1. The smallest absolute Gasteiger partial charge is 0.137 e. The molecular weight excluding hydrogens is 236 g/mol. The molecule has 0 bridgehead atoms. The molecule has 0 unspecified atom stereocenters. The van der Waals surface area contributed by atoms with Crippen molar-refractivity contribution in [2.24, 2.45) is 5.41 Å². The molecule has 0 fully saturated rings. The molecule has 0 spiro atoms. The molecule has 3 heteroatoms. The van der Waals surface area contributed by atoms with Crippen LogP contribution >= 0.6 is 23.5 Å². The van der Waals surface area contributed by atoms with Gasteiger partial charge in [0.25, 0.3) is 0 Å². The summed E-state index contributed by atoms with van der Waals surface area (Å²) >= 11 is 3.82. The van der Waals surface area contributed by atoms with E-state index in [9.17, 15) is 4.79 Å². The van der Waals surface area contributed by atoms with Gasteiger partial charge in [0.15, 0.2) is 0 Å². The lowest BCUT2D eigenvalue weighted by Crippen LogP contribution is -2.43. The van der Waals surface area contributed by atoms with E-state index < -0.39 is 0 Å². The Balaban J connectivity index is 5.13. The molecule has 0 rings (SSSR count). The number of hydrogen-bond donors (Lipinski definition) is 0. The Bertz CT molecular complexity index is 234. The third-order valence-corrected chi connectivity index (χ3v) is 6.38. The average molecular weight is 262 g/mol. The predicted molar refractivity (Wildman–Crippen MR) is 78.3 cm³/mol. The highest BCUT2D eigenvalue weighted by atomic mass is 32.2. The highest BCUT2D eigenvalue weighted by Gasteiger charge is 2.46. The molecule has 96 valence electrons. The quantitative estimate of drug-likeness (QED) is 0.651. The third-order valence-electron chi connectivity index (χ3n) is 2.94. The Kier molecular flexibility index (Phi) is 5.95. The predicted octanol–water partition coefficient (Wildman–Crippen LogP) is 4.60. The van der Waals surface area contributed by atoms with E-state index in [-0.39, 0.29) is 15.3 Å². The summed E-state index contributed by atoms with van der Waals surface area (Å²) in [6.45, 7) is 16.8. The molecular formula is C13H26OS2. The van der Waals surface area contributed by atoms with Crippen LogP contribution in [0, 0.1) is 5.41 Å². The first kappa shape index (κ1) is 16.4. The second kappa shape index (κ2) is 5.81. The van der Waals surface area contributed by atoms with Gasteiger partial charge in [0.05, 0.1) is 4.08 Å². The van der Waals surface area contributed by atoms with Crippen LogP contribution in [-0.2, 0) is 4.79 Å². The third kappa shape index (κ3) is 3.99. The van der Waals surface area contributed by atoms with Crippen molar-refractivity contribution in [3.8, 4) is 0 Å². The number of rotatable bonds is 6. The van der Waals surface area contributed by atoms with Gasteiger partial charge in [0.1, 0.15) is 5.78 Å². The minimum atomic E-state index is -0.295. The molecule has 0 amide bonds. The van der Waals surface area contributed by atoms with E-state index in [2.05, 4.69) is 48.5 Å². The standard InChI is InChI=1S/C13H26OS2/c1-9(2)15-13(8,16-10(3)4)12(6,7)11(5)14/h9-10H,1-8H3. The van der Waals surface area contributed by atoms with Crippen molar-refractivity contribution in [1.29, 1.82) is 0 Å². The number of hydrogen-bond acceptors (Lipinski definition) is 3. The summed E-state index contributed by atoms with van der Waals surface area (Å²) < 4.78 is -0.0544. The summed E-state index contributed by atoms with van der Waals surface area (Å²) in [6, 6.07) is 0. The van der Waals surface area contributed by atoms with Gasteiger partial charge in [-0.3, -0.25) is 4.79 Å². The monoisotopic (exact) mass is 262 g/mol. The Labute approximate surface area is 110 Å². The Morgan fingerprint density at radius 3 is 1.44 bits per heavy atom. The first-order valence-electron chi connectivity index (χ1n) is 5.89. The molecule has 1 nitrogen and oxygen atoms in total. The van der Waals surface area contributed by atoms with Gasteiger partial charge >= 0.3 is 0 Å². The Morgan fingerprint density at radius 2 is 1.25 bits per heavy atom. The topological polar surface area (TPSA) is 17.1 Å². The van der Waals surface area contributed by atoms with Crippen LogP contribution in [0.3, 0.4) is 0 Å². The maximum atomic E-state index is 11.8. The minimum absolute atomic E-state index is 0.0544. The lowest BCUT2D eigenvalue weighted by Gasteiger charge is -2.43. The van der Waals surface area contributed by atoms with Crippen LogP contribution < -0.4 is 0 Å². The fourth-order valence-corrected chi connectivity index (χ4v) is 5.59. The van der Waals surface area contributed by atoms with Gasteiger partial charge in [-0.15, -0.1) is 23.5 Å². The normalized spacial score (nSPS) is 13.6. The number of thioether (sulfide) groups is 2. The number of Topliss-reactive ketones (excluding diaryl/α,β-unsaturated/α-hetero) is 1. The van der Waals surface area contributed by atoms with Crippen molar-refractivity contribution in [2.75, 3.05) is 0 Å². The van der Waals surface area contributed by atoms with Crippen LogP contribution in [0.25, 0.3) is 0 Å². The summed E-state index contributed by atoms with van der Waals surface area (Å²) in [5, 5.41) is 1.07. The molecule has 0 saturated carbocycles. The average Bonchev–Trinajstić information content (AvgIpc) is 1.99. The fraction of sp³-hybridized carbons (Fsp3) is 0.923. The van der Waals surface area contributed by atoms with E-state index >= 15 is 0 Å². The summed E-state index contributed by atoms with van der Waals surface area (Å²) in [6.07, 6.45) is 0. The van der Waals surface area contributed by atoms with E-state index in [0.29, 0.717) is 10.5 Å². The second-order valence-corrected chi connectivity index (χ2v) is 9.71. The van der Waals surface area contributed by atoms with Crippen molar-refractivity contribution in [1.82, 2.24) is 0 Å². The molecule has 16 heavy (non-hydrogen) atoms. The van der Waals surface area contributed by atoms with Gasteiger partial charge in [0, 0.05) is 15.9 Å². The summed E-state index contributed by atoms with van der Waals surface area (Å²) in [4.78, 5) is 11.8. The van der Waals surface area contributed by atoms with E-state index in [1.54, 1.807) is 6.92 Å². The summed E-state index contributed by atoms with van der Waals surface area (Å²) in [7, 11) is 0. The van der Waals surface area contributed by atoms with Crippen molar-refractivity contribution in [3.05, 3.63) is 0 Å². The number of ketones is 1. The molecule has 0 heterocycles. The van der Waals surface area contributed by atoms with Gasteiger partial charge in [0.2, 0.25) is 0 Å². The molecule has 0 radical (unpaired) electrons. The van der Waals surface area contributed by atoms with Gasteiger partial charge in [-0.05, 0) is 13.8 Å². The molecule has 0 saturated heterocycles. The van der Waals surface area contributed by atoms with Crippen LogP contribution in [0.4, 0.5) is 0 Å². The zero-order valence-electron chi connectivity index (χ0n) is 11.9. The Morgan fingerprint density at radius 1 is 0.938 bits per heavy atom. The van der Waals surface area contributed by atoms with Crippen LogP contribution in [0.5, 0.6) is 0 Å². The fourth-order valence-electron chi connectivity index (χ4n) is 1.54. The van der Waals surface area contributed by atoms with Crippen molar-refractivity contribution >= 4 is 29.3 Å². The van der Waals surface area contributed by atoms with E-state index in [0.717, 1.165) is 0 Å². The van der Waals surface area contributed by atoms with Crippen LogP contribution in [0.15, 0.2) is 0 Å². The number of carbonyl (C=O) groups is 1. The first-order valence-corrected chi connectivity index (χ1v) is 7.65. The lowest BCUT2D eigenvalue weighted by atomic mass is 9.85. The molecule has 0 aromatic rings. The largest absolute Gasteiger partial charge is 0.299 e. The van der Waals surface area contributed by atoms with Crippen molar-refractivity contribution < 1.29 is 4.79 Å². The maximum Gasteiger partial charge on any atom is 0.137 e. The van der Waals surface area contributed by atoms with E-state index in [4.69, 9.17) is 0 Å². The van der Waals surface area contributed by atoms with Gasteiger partial charge in [-0.2, -0.15) is 0 Å². The van der Waals surface area contributed by atoms with Crippen LogP contribution in [0.1, 0.15) is 55.4 Å². The maximum absolute atomic E-state index is 11.8. The van der Waals surface area contributed by atoms with Crippen molar-refractivity contribution in [2.45, 2.75) is 70.0 Å². The molecule has 0 aromatic heterocycles. The van der Waals surface area contributed by atoms with Gasteiger partial charge < -0.3 is 0 Å². The zero-order chi connectivity index (χ0) is 13.1. The Hall–Kier alpha value is 0.370. The molecule has 0 aliphatic carbocycles. The highest BCUT2D eigenvalue weighted by molar-refractivity contribution is 8.18. The van der Waals surface area contributed by atoms with Gasteiger partial charge in [-0.1, -0.05) is 41.5 Å².